The van der Waals surface area contributed by atoms with Gasteiger partial charge in [-0.3, -0.25) is 0 Å². The summed E-state index contributed by atoms with van der Waals surface area (Å²) in [6, 6.07) is 5.32. The highest BCUT2D eigenvalue weighted by molar-refractivity contribution is 5.85. The number of ether oxygens (including phenoxy) is 4. The van der Waals surface area contributed by atoms with E-state index in [1.54, 1.807) is 26.0 Å². The highest BCUT2D eigenvalue weighted by atomic mass is 16.6. The molecule has 0 saturated heterocycles. The Balaban J connectivity index is 2.24. The molecule has 0 aliphatic heterocycles. The summed E-state index contributed by atoms with van der Waals surface area (Å²) in [5.41, 5.74) is 0.988. The third-order valence-corrected chi connectivity index (χ3v) is 4.53. The number of phenolic OH excluding ortho intramolecular Hbond substituents is 1. The maximum Gasteiger partial charge on any atom is 0.338 e. The number of nitrogens with zero attached hydrogens (tertiary/aromatic N) is 3. The minimum atomic E-state index is -1.92. The topological polar surface area (TPSA) is 159 Å². The highest BCUT2D eigenvalue weighted by Gasteiger charge is 2.36. The van der Waals surface area contributed by atoms with E-state index in [9.17, 15) is 24.6 Å². The van der Waals surface area contributed by atoms with Gasteiger partial charge in [0, 0.05) is 6.42 Å². The van der Waals surface area contributed by atoms with E-state index in [2.05, 4.69) is 10.3 Å². The number of hydrogen-bond donors (Lipinski definition) is 2. The molecule has 33 heavy (non-hydrogen) atoms. The van der Waals surface area contributed by atoms with Crippen molar-refractivity contribution in [1.29, 1.82) is 0 Å². The predicted molar refractivity (Wildman–Crippen MR) is 111 cm³/mol. The number of aromatic nitrogens is 3. The Labute approximate surface area is 190 Å². The molecular weight excluding hydrogens is 438 g/mol. The van der Waals surface area contributed by atoms with Crippen molar-refractivity contribution in [1.82, 2.24) is 15.0 Å². The fourth-order valence-corrected chi connectivity index (χ4v) is 2.93. The number of hydrogen-bond acceptors (Lipinski definition) is 11. The number of aliphatic hydroxyl groups excluding tert-OH is 1. The number of phenols is 1. The molecule has 0 spiro atoms. The van der Waals surface area contributed by atoms with Crippen molar-refractivity contribution in [2.24, 2.45) is 0 Å². The van der Waals surface area contributed by atoms with E-state index in [-0.39, 0.29) is 37.7 Å². The number of carbonyl (C=O) groups is 3. The molecule has 12 nitrogen and oxygen atoms in total. The number of methoxy groups -OCH3 is 1. The highest BCUT2D eigenvalue weighted by Crippen LogP contribution is 2.20. The van der Waals surface area contributed by atoms with Crippen LogP contribution in [0.3, 0.4) is 0 Å². The molecule has 0 aliphatic carbocycles. The first-order valence-corrected chi connectivity index (χ1v) is 10.2. The number of carbonyl (C=O) groups excluding carboxylic acids is 3. The zero-order valence-electron chi connectivity index (χ0n) is 18.5. The van der Waals surface area contributed by atoms with Gasteiger partial charge in [-0.05, 0) is 31.5 Å². The molecule has 1 heterocycles. The normalized spacial score (nSPS) is 13.6. The van der Waals surface area contributed by atoms with Crippen molar-refractivity contribution >= 4 is 17.9 Å². The van der Waals surface area contributed by atoms with Crippen molar-refractivity contribution in [3.05, 3.63) is 41.7 Å². The molecule has 0 aliphatic rings. The summed E-state index contributed by atoms with van der Waals surface area (Å²) in [4.78, 5) is 36.6. The third-order valence-electron chi connectivity index (χ3n) is 4.53. The standard InChI is InChI=1S/C21H27N3O9/c1-4-31-20(28)17(26)18(21(29)32-5-2)33-12-14-11-22-23-24(14)16(19(27)30-3)10-13-6-8-15(25)9-7-13/h6-9,11,16-18,25-26H,4-5,10,12H2,1-3H3/t16-,17+,18+/m0/s1. The van der Waals surface area contributed by atoms with Crippen LogP contribution in [-0.4, -0.2) is 75.6 Å². The minimum Gasteiger partial charge on any atom is -0.508 e. The Bertz CT molecular complexity index is 929. The van der Waals surface area contributed by atoms with Gasteiger partial charge in [0.25, 0.3) is 0 Å². The second kappa shape index (κ2) is 12.5. The van der Waals surface area contributed by atoms with Crippen molar-refractivity contribution in [3.8, 4) is 5.75 Å². The molecule has 2 aromatic rings. The summed E-state index contributed by atoms with van der Waals surface area (Å²) in [5.74, 6) is -2.52. The molecule has 0 saturated carbocycles. The van der Waals surface area contributed by atoms with Gasteiger partial charge in [0.2, 0.25) is 0 Å². The van der Waals surface area contributed by atoms with Crippen molar-refractivity contribution in [2.45, 2.75) is 45.1 Å². The van der Waals surface area contributed by atoms with Gasteiger partial charge in [-0.15, -0.1) is 5.10 Å². The SMILES string of the molecule is CCOC(=O)[C@H](O)[C@@H](OCc1cnnn1[C@@H](Cc1ccc(O)cc1)C(=O)OC)C(=O)OCC. The van der Waals surface area contributed by atoms with Crippen LogP contribution in [-0.2, 0) is 46.4 Å². The molecule has 0 amide bonds. The zero-order valence-corrected chi connectivity index (χ0v) is 18.5. The van der Waals surface area contributed by atoms with Crippen molar-refractivity contribution in [2.75, 3.05) is 20.3 Å². The maximum atomic E-state index is 12.5. The number of benzene rings is 1. The summed E-state index contributed by atoms with van der Waals surface area (Å²) in [5, 5.41) is 27.4. The fourth-order valence-electron chi connectivity index (χ4n) is 2.93. The summed E-state index contributed by atoms with van der Waals surface area (Å²) < 4.78 is 21.3. The molecule has 1 aromatic heterocycles. The number of aromatic hydroxyl groups is 1. The van der Waals surface area contributed by atoms with Gasteiger partial charge in [-0.1, -0.05) is 17.3 Å². The fraction of sp³-hybridized carbons (Fsp3) is 0.476. The Morgan fingerprint density at radius 2 is 1.67 bits per heavy atom. The second-order valence-electron chi connectivity index (χ2n) is 6.76. The van der Waals surface area contributed by atoms with E-state index in [1.165, 1.54) is 30.1 Å². The van der Waals surface area contributed by atoms with E-state index >= 15 is 0 Å². The zero-order chi connectivity index (χ0) is 24.4. The first-order valence-electron chi connectivity index (χ1n) is 10.2. The van der Waals surface area contributed by atoms with Crippen LogP contribution in [0.1, 0.15) is 31.1 Å². The lowest BCUT2D eigenvalue weighted by atomic mass is 10.1. The first kappa shape index (κ1) is 25.7. The summed E-state index contributed by atoms with van der Waals surface area (Å²) in [6.45, 7) is 2.78. The lowest BCUT2D eigenvalue weighted by Gasteiger charge is -2.21. The first-order chi connectivity index (χ1) is 15.8. The predicted octanol–water partition coefficient (Wildman–Crippen LogP) is 0.313. The van der Waals surface area contributed by atoms with E-state index in [0.717, 1.165) is 0 Å². The van der Waals surface area contributed by atoms with E-state index in [0.29, 0.717) is 5.56 Å². The van der Waals surface area contributed by atoms with Gasteiger partial charge < -0.3 is 29.2 Å². The average Bonchev–Trinajstić information content (AvgIpc) is 3.26. The van der Waals surface area contributed by atoms with Crippen LogP contribution in [0.4, 0.5) is 0 Å². The third kappa shape index (κ3) is 6.99. The van der Waals surface area contributed by atoms with Crippen molar-refractivity contribution < 1.29 is 43.5 Å². The molecular formula is C21H27N3O9. The van der Waals surface area contributed by atoms with Crippen LogP contribution in [0.25, 0.3) is 0 Å². The van der Waals surface area contributed by atoms with Gasteiger partial charge in [0.05, 0.1) is 38.8 Å². The Morgan fingerprint density at radius 1 is 1.03 bits per heavy atom. The largest absolute Gasteiger partial charge is 0.508 e. The molecule has 0 radical (unpaired) electrons. The van der Waals surface area contributed by atoms with Gasteiger partial charge in [0.15, 0.2) is 18.2 Å². The van der Waals surface area contributed by atoms with E-state index < -0.39 is 36.2 Å². The van der Waals surface area contributed by atoms with Gasteiger partial charge in [-0.2, -0.15) is 0 Å². The smallest absolute Gasteiger partial charge is 0.338 e. The van der Waals surface area contributed by atoms with Crippen LogP contribution >= 0.6 is 0 Å². The Kier molecular flexibility index (Phi) is 9.76. The maximum absolute atomic E-state index is 12.5. The lowest BCUT2D eigenvalue weighted by molar-refractivity contribution is -0.179. The summed E-state index contributed by atoms with van der Waals surface area (Å²) in [7, 11) is 1.23. The molecule has 12 heteroatoms. The number of esters is 3. The van der Waals surface area contributed by atoms with Crippen LogP contribution in [0.2, 0.25) is 0 Å². The van der Waals surface area contributed by atoms with Gasteiger partial charge in [-0.25, -0.2) is 19.1 Å². The molecule has 2 rings (SSSR count). The summed E-state index contributed by atoms with van der Waals surface area (Å²) >= 11 is 0. The van der Waals surface area contributed by atoms with Crippen molar-refractivity contribution in [3.63, 3.8) is 0 Å². The average molecular weight is 465 g/mol. The molecule has 3 atom stereocenters. The lowest BCUT2D eigenvalue weighted by Crippen LogP contribution is -2.43. The minimum absolute atomic E-state index is 0.000198. The van der Waals surface area contributed by atoms with Crippen LogP contribution in [0, 0.1) is 0 Å². The van der Waals surface area contributed by atoms with Crippen LogP contribution < -0.4 is 0 Å². The molecule has 2 N–H and O–H groups in total. The second-order valence-corrected chi connectivity index (χ2v) is 6.76. The summed E-state index contributed by atoms with van der Waals surface area (Å²) in [6.07, 6.45) is -2.11. The monoisotopic (exact) mass is 465 g/mol. The van der Waals surface area contributed by atoms with Gasteiger partial charge in [0.1, 0.15) is 5.75 Å². The Morgan fingerprint density at radius 3 is 2.27 bits per heavy atom. The van der Waals surface area contributed by atoms with Crippen LogP contribution in [0.5, 0.6) is 5.75 Å². The molecule has 180 valence electrons. The quantitative estimate of drug-likeness (QED) is 0.328. The van der Waals surface area contributed by atoms with Gasteiger partial charge >= 0.3 is 17.9 Å². The number of rotatable bonds is 12. The molecule has 0 fully saturated rings. The number of aliphatic hydroxyl groups is 1. The molecule has 0 unspecified atom stereocenters. The van der Waals surface area contributed by atoms with Crippen LogP contribution in [0.15, 0.2) is 30.5 Å². The molecule has 0 bridgehead atoms. The van der Waals surface area contributed by atoms with E-state index in [1.807, 2.05) is 0 Å². The van der Waals surface area contributed by atoms with E-state index in [4.69, 9.17) is 18.9 Å². The Hall–Kier alpha value is -3.51. The molecule has 1 aromatic carbocycles.